The molecule has 0 spiro atoms. The number of fused-ring (bicyclic) bond motifs is 1. The van der Waals surface area contributed by atoms with Gasteiger partial charge in [0, 0.05) is 24.7 Å². The minimum absolute atomic E-state index is 0.0585. The van der Waals surface area contributed by atoms with Crippen molar-refractivity contribution in [3.63, 3.8) is 0 Å². The molecule has 34 heavy (non-hydrogen) atoms. The van der Waals surface area contributed by atoms with Gasteiger partial charge in [0.2, 0.25) is 0 Å². The van der Waals surface area contributed by atoms with Crippen LogP contribution < -0.4 is 10.1 Å². The van der Waals surface area contributed by atoms with Crippen LogP contribution in [0.25, 0.3) is 11.1 Å². The first-order chi connectivity index (χ1) is 16.6. The first-order valence-electron chi connectivity index (χ1n) is 11.1. The minimum Gasteiger partial charge on any atom is -0.440 e. The molecule has 0 saturated carbocycles. The summed E-state index contributed by atoms with van der Waals surface area (Å²) in [7, 11) is 0. The van der Waals surface area contributed by atoms with E-state index in [9.17, 15) is 13.6 Å². The third-order valence-corrected chi connectivity index (χ3v) is 5.96. The van der Waals surface area contributed by atoms with Crippen molar-refractivity contribution in [1.29, 1.82) is 0 Å². The van der Waals surface area contributed by atoms with E-state index in [1.54, 1.807) is 18.2 Å². The fraction of sp³-hybridized carbons (Fsp3) is 0.231. The number of aromatic nitrogens is 1. The topological polar surface area (TPSA) is 67.6 Å². The number of halogens is 2. The molecule has 1 saturated heterocycles. The quantitative estimate of drug-likeness (QED) is 0.369. The van der Waals surface area contributed by atoms with Gasteiger partial charge < -0.3 is 19.4 Å². The van der Waals surface area contributed by atoms with Crippen LogP contribution in [-0.2, 0) is 0 Å². The third-order valence-electron chi connectivity index (χ3n) is 5.96. The molecule has 1 N–H and O–H groups in total. The van der Waals surface area contributed by atoms with E-state index in [0.717, 1.165) is 29.8 Å². The lowest BCUT2D eigenvalue weighted by Gasteiger charge is -2.31. The number of hydrogen-bond donors (Lipinski definition) is 1. The maximum Gasteiger partial charge on any atom is 0.387 e. The molecule has 5 rings (SSSR count). The van der Waals surface area contributed by atoms with Crippen LogP contribution in [-0.4, -0.2) is 35.5 Å². The maximum atomic E-state index is 13.3. The van der Waals surface area contributed by atoms with Gasteiger partial charge in [0.1, 0.15) is 11.3 Å². The number of ether oxygens (including phenoxy) is 1. The van der Waals surface area contributed by atoms with Crippen LogP contribution in [0.2, 0.25) is 0 Å². The maximum absolute atomic E-state index is 13.3. The van der Waals surface area contributed by atoms with Gasteiger partial charge in [0.05, 0.1) is 11.3 Å². The van der Waals surface area contributed by atoms with Crippen molar-refractivity contribution in [1.82, 2.24) is 9.88 Å². The molecule has 1 aliphatic heterocycles. The van der Waals surface area contributed by atoms with Crippen LogP contribution in [0.4, 0.5) is 20.2 Å². The van der Waals surface area contributed by atoms with Crippen molar-refractivity contribution in [3.05, 3.63) is 84.3 Å². The van der Waals surface area contributed by atoms with Gasteiger partial charge in [0.15, 0.2) is 11.5 Å². The first kappa shape index (κ1) is 21.9. The Bertz CT molecular complexity index is 1250. The normalized spacial score (nSPS) is 14.5. The summed E-state index contributed by atoms with van der Waals surface area (Å²) in [6.45, 7) is -1.66. The second-order valence-electron chi connectivity index (χ2n) is 8.16. The molecule has 0 aliphatic carbocycles. The Kier molecular flexibility index (Phi) is 6.12. The Labute approximate surface area is 195 Å². The molecular formula is C26H23F2N3O3. The SMILES string of the molecule is O=C(c1ccccc1Nc1ccc(OC(F)F)cc1)N1CCC(c2nc3ccccc3o2)CC1. The van der Waals surface area contributed by atoms with Crippen molar-refractivity contribution in [2.75, 3.05) is 18.4 Å². The lowest BCUT2D eigenvalue weighted by atomic mass is 9.96. The molecule has 1 amide bonds. The monoisotopic (exact) mass is 463 g/mol. The number of oxazole rings is 1. The Hall–Kier alpha value is -3.94. The zero-order valence-corrected chi connectivity index (χ0v) is 18.3. The van der Waals surface area contributed by atoms with Gasteiger partial charge in [0.25, 0.3) is 5.91 Å². The molecule has 8 heteroatoms. The number of anilines is 2. The number of rotatable bonds is 6. The number of nitrogens with zero attached hydrogens (tertiary/aromatic N) is 2. The van der Waals surface area contributed by atoms with E-state index in [1.165, 1.54) is 12.1 Å². The van der Waals surface area contributed by atoms with Gasteiger partial charge in [-0.3, -0.25) is 4.79 Å². The standard InChI is InChI=1S/C26H23F2N3O3/c27-26(28)33-19-11-9-18(10-12-19)29-21-6-2-1-5-20(21)25(32)31-15-13-17(14-16-31)24-30-22-7-3-4-8-23(22)34-24/h1-12,17,26,29H,13-16H2. The van der Waals surface area contributed by atoms with Gasteiger partial charge in [-0.15, -0.1) is 0 Å². The Morgan fingerprint density at radius 3 is 2.44 bits per heavy atom. The minimum atomic E-state index is -2.87. The van der Waals surface area contributed by atoms with Crippen molar-refractivity contribution >= 4 is 28.4 Å². The van der Waals surface area contributed by atoms with Crippen LogP contribution in [0.5, 0.6) is 5.75 Å². The molecule has 1 aliphatic rings. The van der Waals surface area contributed by atoms with Crippen LogP contribution in [0.3, 0.4) is 0 Å². The predicted molar refractivity (Wildman–Crippen MR) is 125 cm³/mol. The van der Waals surface area contributed by atoms with Gasteiger partial charge in [-0.1, -0.05) is 24.3 Å². The lowest BCUT2D eigenvalue weighted by molar-refractivity contribution is -0.0498. The summed E-state index contributed by atoms with van der Waals surface area (Å²) in [5.74, 6) is 0.928. The van der Waals surface area contributed by atoms with Crippen molar-refractivity contribution in [3.8, 4) is 5.75 Å². The van der Waals surface area contributed by atoms with E-state index in [4.69, 9.17) is 4.42 Å². The van der Waals surface area contributed by atoms with E-state index in [2.05, 4.69) is 15.0 Å². The molecule has 0 unspecified atom stereocenters. The van der Waals surface area contributed by atoms with Crippen molar-refractivity contribution in [2.45, 2.75) is 25.4 Å². The van der Waals surface area contributed by atoms with Gasteiger partial charge >= 0.3 is 6.61 Å². The second kappa shape index (κ2) is 9.51. The van der Waals surface area contributed by atoms with Crippen molar-refractivity contribution < 1.29 is 22.7 Å². The molecule has 0 atom stereocenters. The van der Waals surface area contributed by atoms with E-state index in [-0.39, 0.29) is 17.6 Å². The average Bonchev–Trinajstić information content (AvgIpc) is 3.29. The summed E-state index contributed by atoms with van der Waals surface area (Å²) in [6, 6.07) is 21.1. The van der Waals surface area contributed by atoms with E-state index in [1.807, 2.05) is 47.4 Å². The zero-order chi connectivity index (χ0) is 23.5. The second-order valence-corrected chi connectivity index (χ2v) is 8.16. The number of piperidine rings is 1. The molecule has 4 aromatic rings. The van der Waals surface area contributed by atoms with E-state index < -0.39 is 6.61 Å². The van der Waals surface area contributed by atoms with E-state index >= 15 is 0 Å². The lowest BCUT2D eigenvalue weighted by Crippen LogP contribution is -2.38. The van der Waals surface area contributed by atoms with Gasteiger partial charge in [-0.05, 0) is 61.4 Å². The third kappa shape index (κ3) is 4.71. The van der Waals surface area contributed by atoms with Crippen LogP contribution in [0.15, 0.2) is 77.2 Å². The number of para-hydroxylation sites is 3. The van der Waals surface area contributed by atoms with Crippen molar-refractivity contribution in [2.24, 2.45) is 0 Å². The van der Waals surface area contributed by atoms with Crippen LogP contribution in [0.1, 0.15) is 35.0 Å². The Balaban J connectivity index is 1.25. The highest BCUT2D eigenvalue weighted by molar-refractivity contribution is 6.00. The number of nitrogens with one attached hydrogen (secondary N) is 1. The summed E-state index contributed by atoms with van der Waals surface area (Å²) < 4.78 is 35.0. The Morgan fingerprint density at radius 1 is 1.00 bits per heavy atom. The molecule has 0 radical (unpaired) electrons. The molecular weight excluding hydrogens is 440 g/mol. The first-order valence-corrected chi connectivity index (χ1v) is 11.1. The number of hydrogen-bond acceptors (Lipinski definition) is 5. The van der Waals surface area contributed by atoms with Gasteiger partial charge in [-0.2, -0.15) is 8.78 Å². The zero-order valence-electron chi connectivity index (χ0n) is 18.3. The molecule has 174 valence electrons. The molecule has 1 fully saturated rings. The summed E-state index contributed by atoms with van der Waals surface area (Å²) in [6.07, 6.45) is 1.56. The highest BCUT2D eigenvalue weighted by atomic mass is 19.3. The highest BCUT2D eigenvalue weighted by Gasteiger charge is 2.28. The number of carbonyl (C=O) groups is 1. The average molecular weight is 463 g/mol. The number of benzene rings is 3. The number of carbonyl (C=O) groups excluding carboxylic acids is 1. The summed E-state index contributed by atoms with van der Waals surface area (Å²) in [5.41, 5.74) is 3.50. The molecule has 1 aromatic heterocycles. The smallest absolute Gasteiger partial charge is 0.387 e. The van der Waals surface area contributed by atoms with E-state index in [0.29, 0.717) is 30.0 Å². The molecule has 2 heterocycles. The molecule has 6 nitrogen and oxygen atoms in total. The largest absolute Gasteiger partial charge is 0.440 e. The van der Waals surface area contributed by atoms with Crippen LogP contribution >= 0.6 is 0 Å². The van der Waals surface area contributed by atoms with Crippen LogP contribution in [0, 0.1) is 0 Å². The highest BCUT2D eigenvalue weighted by Crippen LogP contribution is 2.31. The number of amides is 1. The fourth-order valence-corrected chi connectivity index (χ4v) is 4.22. The summed E-state index contributed by atoms with van der Waals surface area (Å²) in [4.78, 5) is 19.8. The Morgan fingerprint density at radius 2 is 1.71 bits per heavy atom. The predicted octanol–water partition coefficient (Wildman–Crippen LogP) is 6.19. The van der Waals surface area contributed by atoms with Gasteiger partial charge in [-0.25, -0.2) is 4.98 Å². The molecule has 0 bridgehead atoms. The molecule has 3 aromatic carbocycles. The summed E-state index contributed by atoms with van der Waals surface area (Å²) >= 11 is 0. The number of alkyl halides is 2. The number of likely N-dealkylation sites (tertiary alicyclic amines) is 1. The summed E-state index contributed by atoms with van der Waals surface area (Å²) in [5, 5.41) is 3.21. The fourth-order valence-electron chi connectivity index (χ4n) is 4.22.